The number of amides is 1. The van der Waals surface area contributed by atoms with Crippen molar-refractivity contribution in [2.24, 2.45) is 0 Å². The van der Waals surface area contributed by atoms with Crippen molar-refractivity contribution in [1.29, 1.82) is 0 Å². The number of carbonyl (C=O) groups excluding carboxylic acids is 2. The van der Waals surface area contributed by atoms with E-state index in [0.29, 0.717) is 16.6 Å². The quantitative estimate of drug-likeness (QED) is 0.194. The van der Waals surface area contributed by atoms with Gasteiger partial charge in [0.05, 0.1) is 12.3 Å². The number of unbranched alkanes of at least 4 members (excludes halogenated alkanes) is 1. The summed E-state index contributed by atoms with van der Waals surface area (Å²) in [6.07, 6.45) is 3.74. The molecule has 4 aromatic rings. The highest BCUT2D eigenvalue weighted by molar-refractivity contribution is 7.15. The van der Waals surface area contributed by atoms with Crippen LogP contribution in [0.15, 0.2) is 48.5 Å². The van der Waals surface area contributed by atoms with Crippen LogP contribution in [-0.4, -0.2) is 32.1 Å². The summed E-state index contributed by atoms with van der Waals surface area (Å²) in [5.74, 6) is -0.463. The number of hydrogen-bond acceptors (Lipinski definition) is 8. The van der Waals surface area contributed by atoms with Gasteiger partial charge in [0.1, 0.15) is 20.8 Å². The Morgan fingerprint density at radius 2 is 1.34 bits per heavy atom. The van der Waals surface area contributed by atoms with Crippen LogP contribution in [0.3, 0.4) is 0 Å². The van der Waals surface area contributed by atoms with Gasteiger partial charge in [-0.1, -0.05) is 71.8 Å². The average molecular weight is 568 g/mol. The van der Waals surface area contributed by atoms with Gasteiger partial charge in [-0.05, 0) is 49.9 Å². The number of benzene rings is 2. The first-order valence-corrected chi connectivity index (χ1v) is 14.6. The second-order valence-corrected chi connectivity index (χ2v) is 12.0. The summed E-state index contributed by atoms with van der Waals surface area (Å²) >= 11 is 8.84. The third kappa shape index (κ3) is 7.75. The summed E-state index contributed by atoms with van der Waals surface area (Å²) < 4.78 is 0. The molecule has 2 aromatic heterocycles. The van der Waals surface area contributed by atoms with Crippen molar-refractivity contribution in [3.63, 3.8) is 0 Å². The van der Waals surface area contributed by atoms with E-state index in [-0.39, 0.29) is 23.5 Å². The Morgan fingerprint density at radius 1 is 0.789 bits per heavy atom. The molecule has 0 saturated carbocycles. The van der Waals surface area contributed by atoms with E-state index < -0.39 is 0 Å². The highest BCUT2D eigenvalue weighted by atomic mass is 35.5. The van der Waals surface area contributed by atoms with E-state index in [0.717, 1.165) is 51.8 Å². The highest BCUT2D eigenvalue weighted by Gasteiger charge is 2.19. The van der Waals surface area contributed by atoms with Crippen LogP contribution in [0.1, 0.15) is 70.2 Å². The van der Waals surface area contributed by atoms with Gasteiger partial charge >= 0.3 is 0 Å². The minimum absolute atomic E-state index is 0.131. The van der Waals surface area contributed by atoms with Crippen molar-refractivity contribution in [1.82, 2.24) is 20.4 Å². The van der Waals surface area contributed by atoms with Gasteiger partial charge in [-0.2, -0.15) is 0 Å². The molecule has 1 amide bonds. The number of anilines is 1. The van der Waals surface area contributed by atoms with Gasteiger partial charge in [0.25, 0.3) is 0 Å². The van der Waals surface area contributed by atoms with E-state index in [1.807, 2.05) is 57.2 Å². The fourth-order valence-electron chi connectivity index (χ4n) is 3.88. The molecule has 0 fully saturated rings. The smallest absolute Gasteiger partial charge is 0.233 e. The Morgan fingerprint density at radius 3 is 2.03 bits per heavy atom. The van der Waals surface area contributed by atoms with Crippen molar-refractivity contribution >= 4 is 51.1 Å². The molecule has 2 atom stereocenters. The molecule has 2 aromatic carbocycles. The molecule has 2 unspecified atom stereocenters. The maximum Gasteiger partial charge on any atom is 0.233 e. The number of aryl methyl sites for hydroxylation is 3. The second-order valence-electron chi connectivity index (χ2n) is 9.34. The highest BCUT2D eigenvalue weighted by Crippen LogP contribution is 2.24. The first kappa shape index (κ1) is 28.0. The van der Waals surface area contributed by atoms with Crippen LogP contribution in [-0.2, 0) is 28.9 Å². The standard InChI is InChI=1S/C28H30ClN5O2S2/c1-17-8-10-20(11-9-17)18(2)23(35)16-26-33-31-24(37-26)6-4-5-7-25-32-34-28(38-25)30-27(36)19(3)21-12-14-22(29)15-13-21/h8-15,18-19H,4-7,16H2,1-3H3,(H,30,34,36). The van der Waals surface area contributed by atoms with Crippen molar-refractivity contribution in [2.75, 3.05) is 5.32 Å². The predicted octanol–water partition coefficient (Wildman–Crippen LogP) is 6.57. The lowest BCUT2D eigenvalue weighted by atomic mass is 9.94. The fraction of sp³-hybridized carbons (Fsp3) is 0.357. The molecule has 0 aliphatic heterocycles. The number of aromatic nitrogens is 4. The van der Waals surface area contributed by atoms with Gasteiger partial charge in [0, 0.05) is 23.8 Å². The molecule has 0 bridgehead atoms. The van der Waals surface area contributed by atoms with Crippen molar-refractivity contribution in [3.05, 3.63) is 85.3 Å². The first-order chi connectivity index (χ1) is 18.3. The van der Waals surface area contributed by atoms with Crippen molar-refractivity contribution in [3.8, 4) is 0 Å². The number of Topliss-reactive ketones (excluding diaryl/α,β-unsaturated/α-hetero) is 1. The molecule has 10 heteroatoms. The number of nitrogens with one attached hydrogen (secondary N) is 1. The van der Waals surface area contributed by atoms with Gasteiger partial charge in [0.2, 0.25) is 11.0 Å². The normalized spacial score (nSPS) is 12.7. The van der Waals surface area contributed by atoms with Crippen LogP contribution in [0.5, 0.6) is 0 Å². The minimum atomic E-state index is -0.322. The van der Waals surface area contributed by atoms with Gasteiger partial charge in [-0.25, -0.2) is 0 Å². The summed E-state index contributed by atoms with van der Waals surface area (Å²) in [6.45, 7) is 5.83. The Hall–Kier alpha value is -3.01. The van der Waals surface area contributed by atoms with E-state index in [9.17, 15) is 9.59 Å². The fourth-order valence-corrected chi connectivity index (χ4v) is 5.68. The molecular formula is C28H30ClN5O2S2. The lowest BCUT2D eigenvalue weighted by Crippen LogP contribution is -2.18. The van der Waals surface area contributed by atoms with Crippen LogP contribution in [0.2, 0.25) is 5.02 Å². The Kier molecular flexibility index (Phi) is 9.71. The van der Waals surface area contributed by atoms with Crippen LogP contribution < -0.4 is 5.32 Å². The largest absolute Gasteiger partial charge is 0.300 e. The van der Waals surface area contributed by atoms with E-state index in [4.69, 9.17) is 11.6 Å². The lowest BCUT2D eigenvalue weighted by Gasteiger charge is -2.10. The topological polar surface area (TPSA) is 97.7 Å². The van der Waals surface area contributed by atoms with E-state index in [1.165, 1.54) is 28.2 Å². The Balaban J connectivity index is 1.18. The Labute approximate surface area is 235 Å². The molecule has 0 spiro atoms. The number of rotatable bonds is 12. The van der Waals surface area contributed by atoms with Crippen LogP contribution in [0.25, 0.3) is 0 Å². The number of nitrogens with zero attached hydrogens (tertiary/aromatic N) is 4. The molecule has 7 nitrogen and oxygen atoms in total. The van der Waals surface area contributed by atoms with Gasteiger partial charge < -0.3 is 5.32 Å². The molecule has 0 aliphatic carbocycles. The van der Waals surface area contributed by atoms with E-state index in [1.54, 1.807) is 12.1 Å². The van der Waals surface area contributed by atoms with Crippen molar-refractivity contribution in [2.45, 2.75) is 64.7 Å². The zero-order chi connectivity index (χ0) is 27.1. The Bertz CT molecular complexity index is 1260. The van der Waals surface area contributed by atoms with Crippen molar-refractivity contribution < 1.29 is 9.59 Å². The summed E-state index contributed by atoms with van der Waals surface area (Å²) in [5.41, 5.74) is 3.10. The maximum atomic E-state index is 12.7. The van der Waals surface area contributed by atoms with Crippen LogP contribution >= 0.6 is 34.3 Å². The van der Waals surface area contributed by atoms with Gasteiger partial charge in [-0.15, -0.1) is 31.7 Å². The summed E-state index contributed by atoms with van der Waals surface area (Å²) in [6, 6.07) is 15.3. The molecule has 38 heavy (non-hydrogen) atoms. The number of carbonyl (C=O) groups is 2. The second kappa shape index (κ2) is 13.2. The molecule has 0 radical (unpaired) electrons. The summed E-state index contributed by atoms with van der Waals surface area (Å²) in [4.78, 5) is 25.3. The number of halogens is 1. The maximum absolute atomic E-state index is 12.7. The van der Waals surface area contributed by atoms with Crippen LogP contribution in [0, 0.1) is 6.92 Å². The third-order valence-electron chi connectivity index (χ3n) is 6.39. The van der Waals surface area contributed by atoms with Crippen LogP contribution in [0.4, 0.5) is 5.13 Å². The summed E-state index contributed by atoms with van der Waals surface area (Å²) in [5, 5.41) is 23.4. The molecule has 198 valence electrons. The monoisotopic (exact) mass is 567 g/mol. The lowest BCUT2D eigenvalue weighted by molar-refractivity contribution is -0.119. The zero-order valence-corrected chi connectivity index (χ0v) is 24.0. The average Bonchev–Trinajstić information content (AvgIpc) is 3.55. The molecule has 4 rings (SSSR count). The molecule has 2 heterocycles. The van der Waals surface area contributed by atoms with E-state index >= 15 is 0 Å². The zero-order valence-electron chi connectivity index (χ0n) is 21.6. The molecule has 0 aliphatic rings. The molecule has 0 saturated heterocycles. The minimum Gasteiger partial charge on any atom is -0.300 e. The summed E-state index contributed by atoms with van der Waals surface area (Å²) in [7, 11) is 0. The van der Waals surface area contributed by atoms with Gasteiger partial charge in [0.15, 0.2) is 0 Å². The van der Waals surface area contributed by atoms with E-state index in [2.05, 4.69) is 25.7 Å². The number of ketones is 1. The predicted molar refractivity (Wildman–Crippen MR) is 153 cm³/mol. The molecular weight excluding hydrogens is 538 g/mol. The third-order valence-corrected chi connectivity index (χ3v) is 8.52. The first-order valence-electron chi connectivity index (χ1n) is 12.6. The SMILES string of the molecule is Cc1ccc(C(C)C(=O)Cc2nnc(CCCCc3nnc(NC(=O)C(C)c4ccc(Cl)cc4)s3)s2)cc1. The van der Waals surface area contributed by atoms with Gasteiger partial charge in [-0.3, -0.25) is 9.59 Å². The number of hydrogen-bond donors (Lipinski definition) is 1. The molecule has 1 N–H and O–H groups in total.